The first-order chi connectivity index (χ1) is 14.5. The Balaban J connectivity index is 1.32. The maximum Gasteiger partial charge on any atom is 0.266 e. The number of anilines is 1. The Hall–Kier alpha value is -3.38. The summed E-state index contributed by atoms with van der Waals surface area (Å²) in [4.78, 5) is 13.2. The van der Waals surface area contributed by atoms with Gasteiger partial charge in [-0.15, -0.1) is 11.3 Å². The van der Waals surface area contributed by atoms with Crippen molar-refractivity contribution < 1.29 is 9.53 Å². The van der Waals surface area contributed by atoms with Gasteiger partial charge in [0.2, 0.25) is 0 Å². The molecule has 0 radical (unpaired) electrons. The number of ether oxygens (including phenoxy) is 1. The third kappa shape index (κ3) is 5.15. The van der Waals surface area contributed by atoms with Crippen molar-refractivity contribution in [2.45, 2.75) is 27.0 Å². The summed E-state index contributed by atoms with van der Waals surface area (Å²) in [6.45, 7) is 5.20. The van der Waals surface area contributed by atoms with Crippen LogP contribution in [0.5, 0.6) is 5.75 Å². The molecule has 0 bridgehead atoms. The van der Waals surface area contributed by atoms with Gasteiger partial charge in [-0.25, -0.2) is 0 Å². The number of nitrogens with one attached hydrogen (secondary N) is 1. The van der Waals surface area contributed by atoms with Gasteiger partial charge in [0.25, 0.3) is 5.91 Å². The predicted molar refractivity (Wildman–Crippen MR) is 120 cm³/mol. The van der Waals surface area contributed by atoms with Crippen LogP contribution >= 0.6 is 11.3 Å². The van der Waals surface area contributed by atoms with Crippen molar-refractivity contribution in [3.8, 4) is 5.75 Å². The molecule has 30 heavy (non-hydrogen) atoms. The Morgan fingerprint density at radius 3 is 2.43 bits per heavy atom. The standard InChI is InChI=1S/C24H23N3O2S/c1-17-3-7-19(8-4-17)14-27-12-11-23(26-27)25-24(28)22-13-20(16-30-22)15-29-21-9-5-18(2)6-10-21/h3-13,16H,14-15H2,1-2H3,(H,25,26,28). The fourth-order valence-electron chi connectivity index (χ4n) is 2.95. The highest BCUT2D eigenvalue weighted by Gasteiger charge is 2.11. The second kappa shape index (κ2) is 8.97. The molecule has 152 valence electrons. The van der Waals surface area contributed by atoms with Crippen molar-refractivity contribution in [2.24, 2.45) is 0 Å². The number of thiophene rings is 1. The molecule has 1 amide bonds. The van der Waals surface area contributed by atoms with Gasteiger partial charge in [0, 0.05) is 17.8 Å². The average molecular weight is 418 g/mol. The second-order valence-electron chi connectivity index (χ2n) is 7.26. The topological polar surface area (TPSA) is 56.2 Å². The number of amides is 1. The Bertz CT molecular complexity index is 1130. The molecular formula is C24H23N3O2S. The van der Waals surface area contributed by atoms with E-state index in [0.717, 1.165) is 16.9 Å². The van der Waals surface area contributed by atoms with E-state index in [2.05, 4.69) is 41.6 Å². The van der Waals surface area contributed by atoms with Crippen molar-refractivity contribution in [3.63, 3.8) is 0 Å². The van der Waals surface area contributed by atoms with Crippen LogP contribution in [0.25, 0.3) is 0 Å². The molecule has 2 heterocycles. The number of carbonyl (C=O) groups excluding carboxylic acids is 1. The first-order valence-electron chi connectivity index (χ1n) is 9.72. The average Bonchev–Trinajstić information content (AvgIpc) is 3.39. The van der Waals surface area contributed by atoms with E-state index in [9.17, 15) is 4.79 Å². The van der Waals surface area contributed by atoms with Crippen molar-refractivity contribution >= 4 is 23.1 Å². The lowest BCUT2D eigenvalue weighted by atomic mass is 10.1. The monoisotopic (exact) mass is 417 g/mol. The van der Waals surface area contributed by atoms with Gasteiger partial charge in [0.15, 0.2) is 5.82 Å². The van der Waals surface area contributed by atoms with Crippen LogP contribution in [0.4, 0.5) is 5.82 Å². The summed E-state index contributed by atoms with van der Waals surface area (Å²) < 4.78 is 7.60. The summed E-state index contributed by atoms with van der Waals surface area (Å²) in [6.07, 6.45) is 1.87. The highest BCUT2D eigenvalue weighted by atomic mass is 32.1. The van der Waals surface area contributed by atoms with Gasteiger partial charge in [-0.3, -0.25) is 9.48 Å². The second-order valence-corrected chi connectivity index (χ2v) is 8.17. The van der Waals surface area contributed by atoms with Gasteiger partial charge in [0.1, 0.15) is 12.4 Å². The molecule has 5 nitrogen and oxygen atoms in total. The summed E-state index contributed by atoms with van der Waals surface area (Å²) in [5.41, 5.74) is 4.55. The molecule has 2 aromatic heterocycles. The van der Waals surface area contributed by atoms with E-state index in [-0.39, 0.29) is 5.91 Å². The summed E-state index contributed by atoms with van der Waals surface area (Å²) in [7, 11) is 0. The van der Waals surface area contributed by atoms with E-state index in [1.54, 1.807) is 6.07 Å². The van der Waals surface area contributed by atoms with E-state index in [1.165, 1.54) is 22.5 Å². The van der Waals surface area contributed by atoms with E-state index < -0.39 is 0 Å². The fourth-order valence-corrected chi connectivity index (χ4v) is 3.74. The van der Waals surface area contributed by atoms with Gasteiger partial charge in [-0.05, 0) is 43.0 Å². The molecule has 6 heteroatoms. The molecule has 0 saturated carbocycles. The minimum Gasteiger partial charge on any atom is -0.489 e. The number of nitrogens with zero attached hydrogens (tertiary/aromatic N) is 2. The van der Waals surface area contributed by atoms with Crippen LogP contribution in [0.2, 0.25) is 0 Å². The van der Waals surface area contributed by atoms with Gasteiger partial charge in [-0.1, -0.05) is 47.5 Å². The van der Waals surface area contributed by atoms with E-state index >= 15 is 0 Å². The number of aromatic nitrogens is 2. The summed E-state index contributed by atoms with van der Waals surface area (Å²) >= 11 is 1.40. The molecular weight excluding hydrogens is 394 g/mol. The van der Waals surface area contributed by atoms with Crippen molar-refractivity contribution in [3.05, 3.63) is 99.4 Å². The van der Waals surface area contributed by atoms with Crippen molar-refractivity contribution in [1.29, 1.82) is 0 Å². The largest absolute Gasteiger partial charge is 0.489 e. The van der Waals surface area contributed by atoms with E-state index in [0.29, 0.717) is 23.8 Å². The Morgan fingerprint density at radius 1 is 1.00 bits per heavy atom. The highest BCUT2D eigenvalue weighted by molar-refractivity contribution is 7.12. The van der Waals surface area contributed by atoms with Crippen LogP contribution in [0, 0.1) is 13.8 Å². The summed E-state index contributed by atoms with van der Waals surface area (Å²) in [5, 5.41) is 9.26. The first kappa shape index (κ1) is 19.9. The van der Waals surface area contributed by atoms with Gasteiger partial charge in [-0.2, -0.15) is 5.10 Å². The molecule has 2 aromatic carbocycles. The molecule has 0 aliphatic heterocycles. The van der Waals surface area contributed by atoms with E-state index in [1.807, 2.05) is 53.5 Å². The zero-order valence-electron chi connectivity index (χ0n) is 17.0. The van der Waals surface area contributed by atoms with E-state index in [4.69, 9.17) is 4.74 Å². The number of aryl methyl sites for hydroxylation is 2. The van der Waals surface area contributed by atoms with Gasteiger partial charge >= 0.3 is 0 Å². The zero-order chi connectivity index (χ0) is 20.9. The molecule has 0 atom stereocenters. The third-order valence-electron chi connectivity index (χ3n) is 4.65. The Morgan fingerprint density at radius 2 is 1.70 bits per heavy atom. The maximum absolute atomic E-state index is 12.6. The van der Waals surface area contributed by atoms with Crippen LogP contribution in [-0.4, -0.2) is 15.7 Å². The van der Waals surface area contributed by atoms with Gasteiger partial charge < -0.3 is 10.1 Å². The van der Waals surface area contributed by atoms with Crippen LogP contribution in [0.1, 0.15) is 31.9 Å². The fraction of sp³-hybridized carbons (Fsp3) is 0.167. The number of carbonyl (C=O) groups is 1. The number of benzene rings is 2. The van der Waals surface area contributed by atoms with Crippen LogP contribution < -0.4 is 10.1 Å². The minimum absolute atomic E-state index is 0.165. The first-order valence-corrected chi connectivity index (χ1v) is 10.6. The van der Waals surface area contributed by atoms with Crippen molar-refractivity contribution in [1.82, 2.24) is 9.78 Å². The van der Waals surface area contributed by atoms with Crippen LogP contribution in [-0.2, 0) is 13.2 Å². The molecule has 0 unspecified atom stereocenters. The molecule has 1 N–H and O–H groups in total. The molecule has 4 aromatic rings. The van der Waals surface area contributed by atoms with Crippen molar-refractivity contribution in [2.75, 3.05) is 5.32 Å². The lowest BCUT2D eigenvalue weighted by Crippen LogP contribution is -2.11. The maximum atomic E-state index is 12.6. The predicted octanol–water partition coefficient (Wildman–Crippen LogP) is 5.44. The third-order valence-corrected chi connectivity index (χ3v) is 5.63. The molecule has 0 aliphatic carbocycles. The molecule has 0 spiro atoms. The molecule has 0 fully saturated rings. The Kier molecular flexibility index (Phi) is 5.95. The quantitative estimate of drug-likeness (QED) is 0.436. The number of hydrogen-bond donors (Lipinski definition) is 1. The van der Waals surface area contributed by atoms with Crippen LogP contribution in [0.15, 0.2) is 72.2 Å². The number of hydrogen-bond acceptors (Lipinski definition) is 4. The number of rotatable bonds is 7. The normalized spacial score (nSPS) is 10.7. The van der Waals surface area contributed by atoms with Crippen LogP contribution in [0.3, 0.4) is 0 Å². The SMILES string of the molecule is Cc1ccc(Cn2ccc(NC(=O)c3cc(COc4ccc(C)cc4)cs3)n2)cc1. The van der Waals surface area contributed by atoms with Gasteiger partial charge in [0.05, 0.1) is 11.4 Å². The molecule has 0 saturated heterocycles. The molecule has 0 aliphatic rings. The highest BCUT2D eigenvalue weighted by Crippen LogP contribution is 2.19. The minimum atomic E-state index is -0.165. The molecule has 4 rings (SSSR count). The zero-order valence-corrected chi connectivity index (χ0v) is 17.8. The Labute approximate surface area is 179 Å². The summed E-state index contributed by atoms with van der Waals surface area (Å²) in [5.74, 6) is 1.19. The summed E-state index contributed by atoms with van der Waals surface area (Å²) in [6, 6.07) is 19.9. The lowest BCUT2D eigenvalue weighted by molar-refractivity contribution is 0.103. The lowest BCUT2D eigenvalue weighted by Gasteiger charge is -2.04. The smallest absolute Gasteiger partial charge is 0.266 e.